The number of pyridine rings is 1. The Morgan fingerprint density at radius 1 is 1.18 bits per heavy atom. The number of carboxylic acids is 2. The molecule has 1 unspecified atom stereocenters. The highest BCUT2D eigenvalue weighted by Gasteiger charge is 2.27. The Hall–Kier alpha value is -4.90. The van der Waals surface area contributed by atoms with Crippen LogP contribution in [0.25, 0.3) is 0 Å². The maximum absolute atomic E-state index is 15.4. The van der Waals surface area contributed by atoms with Crippen molar-refractivity contribution in [2.45, 2.75) is 16.6 Å². The van der Waals surface area contributed by atoms with Gasteiger partial charge in [-0.1, -0.05) is 0 Å². The quantitative estimate of drug-likeness (QED) is 0.299. The van der Waals surface area contributed by atoms with Gasteiger partial charge < -0.3 is 29.7 Å². The topological polar surface area (TPSA) is 166 Å². The number of rotatable bonds is 10. The summed E-state index contributed by atoms with van der Waals surface area (Å²) in [6.07, 6.45) is 0.0306. The van der Waals surface area contributed by atoms with E-state index in [1.807, 2.05) is 6.07 Å². The van der Waals surface area contributed by atoms with Gasteiger partial charge in [-0.15, -0.1) is 11.8 Å². The van der Waals surface area contributed by atoms with Crippen LogP contribution in [0.1, 0.15) is 17.5 Å². The van der Waals surface area contributed by atoms with Gasteiger partial charge in [0.1, 0.15) is 16.8 Å². The molecule has 0 saturated heterocycles. The molecule has 0 saturated carbocycles. The van der Waals surface area contributed by atoms with E-state index in [0.29, 0.717) is 30.0 Å². The van der Waals surface area contributed by atoms with Crippen LogP contribution in [-0.4, -0.2) is 68.4 Å². The zero-order chi connectivity index (χ0) is 29.0. The zero-order valence-corrected chi connectivity index (χ0v) is 21.5. The van der Waals surface area contributed by atoms with E-state index in [4.69, 9.17) is 19.8 Å². The fourth-order valence-electron chi connectivity index (χ4n) is 3.65. The fourth-order valence-corrected chi connectivity index (χ4v) is 4.64. The van der Waals surface area contributed by atoms with Crippen molar-refractivity contribution in [3.63, 3.8) is 0 Å². The van der Waals surface area contributed by atoms with Gasteiger partial charge in [0.2, 0.25) is 11.6 Å². The van der Waals surface area contributed by atoms with Crippen LogP contribution in [0.3, 0.4) is 0 Å². The minimum Gasteiger partial charge on any atom is -0.504 e. The number of thioether (sulfide) groups is 1. The second kappa shape index (κ2) is 11.9. The van der Waals surface area contributed by atoms with E-state index >= 15 is 4.39 Å². The number of nitrogens with zero attached hydrogens (tertiary/aromatic N) is 4. The first-order chi connectivity index (χ1) is 19.1. The predicted octanol–water partition coefficient (Wildman–Crippen LogP) is 4.23. The number of likely N-dealkylation sites (N-methyl/N-ethyl adjacent to an activating group) is 1. The highest BCUT2D eigenvalue weighted by atomic mass is 32.2. The Morgan fingerprint density at radius 3 is 2.60 bits per heavy atom. The first-order valence-electron chi connectivity index (χ1n) is 11.5. The molecule has 4 rings (SSSR count). The lowest BCUT2D eigenvalue weighted by Gasteiger charge is -2.19. The van der Waals surface area contributed by atoms with E-state index in [1.165, 1.54) is 30.3 Å². The number of halogens is 2. The Kier molecular flexibility index (Phi) is 8.34. The summed E-state index contributed by atoms with van der Waals surface area (Å²) in [6, 6.07) is 9.77. The molecule has 14 heteroatoms. The Labute approximate surface area is 229 Å². The van der Waals surface area contributed by atoms with Crippen LogP contribution >= 0.6 is 11.8 Å². The van der Waals surface area contributed by atoms with E-state index < -0.39 is 52.6 Å². The number of aromatic hydroxyl groups is 1. The van der Waals surface area contributed by atoms with Crippen molar-refractivity contribution in [3.05, 3.63) is 65.4 Å². The molecular formula is C26H20F2N4O7S. The summed E-state index contributed by atoms with van der Waals surface area (Å²) in [7, 11) is 1.74. The minimum absolute atomic E-state index is 0.0359. The number of hydrogen-bond acceptors (Lipinski definition) is 10. The average Bonchev–Trinajstić information content (AvgIpc) is 3.34. The number of hydrogen-bond donors (Lipinski definition) is 3. The van der Waals surface area contributed by atoms with Crippen LogP contribution in [0.4, 0.5) is 8.78 Å². The molecule has 0 fully saturated rings. The first kappa shape index (κ1) is 28.1. The van der Waals surface area contributed by atoms with Crippen molar-refractivity contribution in [3.8, 4) is 34.9 Å². The van der Waals surface area contributed by atoms with E-state index in [2.05, 4.69) is 9.98 Å². The molecule has 2 aromatic carbocycles. The van der Waals surface area contributed by atoms with Crippen molar-refractivity contribution in [1.82, 2.24) is 9.88 Å². The van der Waals surface area contributed by atoms with E-state index in [0.717, 1.165) is 17.8 Å². The normalized spacial score (nSPS) is 13.3. The number of amidine groups is 1. The number of benzene rings is 2. The number of carboxylic acid groups (broad SMARTS) is 2. The average molecular weight is 571 g/mol. The summed E-state index contributed by atoms with van der Waals surface area (Å²) in [6.45, 7) is 0.977. The number of carbonyl (C=O) groups is 2. The van der Waals surface area contributed by atoms with Gasteiger partial charge in [-0.2, -0.15) is 9.65 Å². The molecule has 1 atom stereocenters. The Morgan fingerprint density at radius 2 is 1.95 bits per heavy atom. The lowest BCUT2D eigenvalue weighted by Crippen LogP contribution is -2.24. The highest BCUT2D eigenvalue weighted by molar-refractivity contribution is 8.00. The van der Waals surface area contributed by atoms with Gasteiger partial charge >= 0.3 is 11.9 Å². The molecule has 11 nitrogen and oxygen atoms in total. The van der Waals surface area contributed by atoms with E-state index in [9.17, 15) is 24.2 Å². The van der Waals surface area contributed by atoms with Gasteiger partial charge in [0.05, 0.1) is 36.4 Å². The summed E-state index contributed by atoms with van der Waals surface area (Å²) < 4.78 is 41.1. The summed E-state index contributed by atoms with van der Waals surface area (Å²) in [4.78, 5) is 32.8. The molecule has 3 N–H and O–H groups in total. The van der Waals surface area contributed by atoms with Crippen LogP contribution in [-0.2, 0) is 9.59 Å². The molecule has 1 aromatic heterocycles. The third kappa shape index (κ3) is 6.21. The van der Waals surface area contributed by atoms with Crippen molar-refractivity contribution in [2.24, 2.45) is 4.99 Å². The van der Waals surface area contributed by atoms with E-state index in [-0.39, 0.29) is 22.6 Å². The zero-order valence-electron chi connectivity index (χ0n) is 20.7. The molecule has 206 valence electrons. The van der Waals surface area contributed by atoms with Crippen LogP contribution in [0.2, 0.25) is 0 Å². The fraction of sp³-hybridized carbons (Fsp3) is 0.192. The number of phenols is 1. The van der Waals surface area contributed by atoms with Gasteiger partial charge in [-0.25, -0.2) is 9.37 Å². The molecule has 2 heterocycles. The lowest BCUT2D eigenvalue weighted by atomic mass is 10.1. The van der Waals surface area contributed by atoms with Crippen molar-refractivity contribution in [2.75, 3.05) is 20.1 Å². The second-order valence-electron chi connectivity index (χ2n) is 8.38. The number of aliphatic imine (C=N–C) groups is 1. The van der Waals surface area contributed by atoms with Crippen LogP contribution in [0.15, 0.2) is 52.5 Å². The molecule has 40 heavy (non-hydrogen) atoms. The Balaban J connectivity index is 1.71. The molecule has 1 aliphatic rings. The number of ether oxygens (including phenoxy) is 2. The number of aromatic nitrogens is 1. The molecule has 0 bridgehead atoms. The van der Waals surface area contributed by atoms with Crippen molar-refractivity contribution in [1.29, 1.82) is 5.26 Å². The standard InChI is InChI=1S/C26H20F2N4O7S/c1-32-7-6-30-24(32)15-9-14(40-20(26(36)37)10-21(34)35)3-5-18(15)38-23-16(27)12-31-25(22(23)28)39-19-8-13(11-29)2-4-17(19)33/h2-5,8-9,12,20,33H,6-7,10H2,1H3,(H,34,35)(H,36,37). The molecule has 0 aliphatic carbocycles. The second-order valence-corrected chi connectivity index (χ2v) is 9.66. The third-order valence-electron chi connectivity index (χ3n) is 5.57. The highest BCUT2D eigenvalue weighted by Crippen LogP contribution is 2.39. The predicted molar refractivity (Wildman–Crippen MR) is 137 cm³/mol. The number of nitriles is 1. The smallest absolute Gasteiger partial charge is 0.317 e. The van der Waals surface area contributed by atoms with Crippen LogP contribution in [0, 0.1) is 23.0 Å². The number of phenolic OH excluding ortho intramolecular Hbond substituents is 1. The van der Waals surface area contributed by atoms with Crippen LogP contribution < -0.4 is 9.47 Å². The maximum Gasteiger partial charge on any atom is 0.317 e. The van der Waals surface area contributed by atoms with Gasteiger partial charge in [-0.05, 0) is 30.3 Å². The monoisotopic (exact) mass is 570 g/mol. The largest absolute Gasteiger partial charge is 0.504 e. The lowest BCUT2D eigenvalue weighted by molar-refractivity contribution is -0.142. The molecule has 3 aromatic rings. The summed E-state index contributed by atoms with van der Waals surface area (Å²) in [5, 5.41) is 36.3. The summed E-state index contributed by atoms with van der Waals surface area (Å²) in [5.74, 6) is -7.04. The SMILES string of the molecule is CN1CCN=C1c1cc(SC(CC(=O)O)C(=O)O)ccc1Oc1c(F)cnc(Oc2cc(C#N)ccc2O)c1F. The first-order valence-corrected chi connectivity index (χ1v) is 12.4. The van der Waals surface area contributed by atoms with Crippen molar-refractivity contribution < 1.29 is 43.2 Å². The van der Waals surface area contributed by atoms with Gasteiger partial charge in [-0.3, -0.25) is 14.6 Å². The van der Waals surface area contributed by atoms with E-state index in [1.54, 1.807) is 11.9 Å². The molecule has 0 spiro atoms. The van der Waals surface area contributed by atoms with Gasteiger partial charge in [0.15, 0.2) is 17.3 Å². The third-order valence-corrected chi connectivity index (χ3v) is 6.75. The van der Waals surface area contributed by atoms with Gasteiger partial charge in [0, 0.05) is 24.6 Å². The number of aliphatic carboxylic acids is 2. The molecule has 0 amide bonds. The maximum atomic E-state index is 15.4. The minimum atomic E-state index is -1.33. The molecular weight excluding hydrogens is 550 g/mol. The molecule has 1 aliphatic heterocycles. The van der Waals surface area contributed by atoms with Crippen LogP contribution in [0.5, 0.6) is 28.9 Å². The Bertz CT molecular complexity index is 1560. The molecule has 0 radical (unpaired) electrons. The summed E-state index contributed by atoms with van der Waals surface area (Å²) in [5.41, 5.74) is 0.395. The van der Waals surface area contributed by atoms with Crippen molar-refractivity contribution >= 4 is 29.5 Å². The summed E-state index contributed by atoms with van der Waals surface area (Å²) >= 11 is 0.794. The van der Waals surface area contributed by atoms with Gasteiger partial charge in [0.25, 0.3) is 5.88 Å².